The van der Waals surface area contributed by atoms with Gasteiger partial charge in [0.2, 0.25) is 0 Å². The normalized spacial score (nSPS) is 14.7. The van der Waals surface area contributed by atoms with Gasteiger partial charge >= 0.3 is 0 Å². The van der Waals surface area contributed by atoms with Gasteiger partial charge in [0, 0.05) is 42.2 Å². The van der Waals surface area contributed by atoms with E-state index in [1.165, 1.54) is 12.1 Å². The average Bonchev–Trinajstić information content (AvgIpc) is 2.70. The monoisotopic (exact) mass is 385 g/mol. The van der Waals surface area contributed by atoms with E-state index in [1.54, 1.807) is 12.1 Å². The Labute approximate surface area is 162 Å². The van der Waals surface area contributed by atoms with Crippen molar-refractivity contribution in [1.29, 1.82) is 0 Å². The fourth-order valence-electron chi connectivity index (χ4n) is 3.30. The molecule has 0 atom stereocenters. The number of aromatic nitrogens is 1. The van der Waals surface area contributed by atoms with E-state index in [2.05, 4.69) is 16.3 Å². The van der Waals surface area contributed by atoms with Crippen LogP contribution in [-0.4, -0.2) is 31.3 Å². The Bertz CT molecular complexity index is 927. The summed E-state index contributed by atoms with van der Waals surface area (Å²) in [6, 6.07) is 14.5. The third-order valence-corrected chi connectivity index (χ3v) is 4.94. The highest BCUT2D eigenvalue weighted by molar-refractivity contribution is 6.31. The minimum Gasteiger partial charge on any atom is -0.378 e. The summed E-state index contributed by atoms with van der Waals surface area (Å²) in [6.07, 6.45) is 0. The van der Waals surface area contributed by atoms with Gasteiger partial charge in [-0.25, -0.2) is 9.37 Å². The number of morpholine rings is 1. The quantitative estimate of drug-likeness (QED) is 0.715. The number of pyridine rings is 1. The third-order valence-electron chi connectivity index (χ3n) is 4.70. The van der Waals surface area contributed by atoms with E-state index < -0.39 is 0 Å². The molecule has 1 saturated heterocycles. The maximum absolute atomic E-state index is 13.1. The van der Waals surface area contributed by atoms with Crippen LogP contribution in [0.4, 0.5) is 10.2 Å². The first kappa shape index (κ1) is 18.2. The zero-order valence-electron chi connectivity index (χ0n) is 14.9. The minimum absolute atomic E-state index is 0.217. The average molecular weight is 386 g/mol. The lowest BCUT2D eigenvalue weighted by atomic mass is 10.1. The van der Waals surface area contributed by atoms with Gasteiger partial charge in [0.15, 0.2) is 0 Å². The van der Waals surface area contributed by atoms with E-state index in [0.29, 0.717) is 31.3 Å². The number of nitrogens with one attached hydrogen (secondary N) is 1. The standard InChI is InChI=1S/C21H21ClFN3O/c22-18-4-3-16-11-17(14-24-13-15-1-5-19(23)6-2-15)21(25-20(16)12-18)26-7-9-27-10-8-26/h1-6,11-12,24H,7-10,13-14H2. The molecule has 140 valence electrons. The van der Waals surface area contributed by atoms with Gasteiger partial charge in [0.25, 0.3) is 0 Å². The third kappa shape index (κ3) is 4.38. The maximum atomic E-state index is 13.1. The second-order valence-corrected chi connectivity index (χ2v) is 7.07. The second-order valence-electron chi connectivity index (χ2n) is 6.64. The fraction of sp³-hybridized carbons (Fsp3) is 0.286. The lowest BCUT2D eigenvalue weighted by molar-refractivity contribution is 0.122. The van der Waals surface area contributed by atoms with Crippen molar-refractivity contribution in [2.75, 3.05) is 31.2 Å². The van der Waals surface area contributed by atoms with Gasteiger partial charge in [-0.05, 0) is 35.9 Å². The van der Waals surface area contributed by atoms with E-state index in [1.807, 2.05) is 18.2 Å². The molecule has 2 aromatic carbocycles. The molecule has 0 unspecified atom stereocenters. The summed E-state index contributed by atoms with van der Waals surface area (Å²) < 4.78 is 18.5. The van der Waals surface area contributed by atoms with Crippen molar-refractivity contribution in [3.8, 4) is 0 Å². The van der Waals surface area contributed by atoms with Crippen LogP contribution in [0.3, 0.4) is 0 Å². The number of hydrogen-bond donors (Lipinski definition) is 1. The zero-order chi connectivity index (χ0) is 18.6. The summed E-state index contributed by atoms with van der Waals surface area (Å²) in [4.78, 5) is 7.16. The summed E-state index contributed by atoms with van der Waals surface area (Å²) in [5.41, 5.74) is 3.07. The molecular formula is C21H21ClFN3O. The van der Waals surface area contributed by atoms with Gasteiger partial charge in [0.05, 0.1) is 18.7 Å². The van der Waals surface area contributed by atoms with Crippen molar-refractivity contribution in [1.82, 2.24) is 10.3 Å². The van der Waals surface area contributed by atoms with Gasteiger partial charge in [-0.2, -0.15) is 0 Å². The summed E-state index contributed by atoms with van der Waals surface area (Å²) >= 11 is 6.15. The summed E-state index contributed by atoms with van der Waals surface area (Å²) in [7, 11) is 0. The fourth-order valence-corrected chi connectivity index (χ4v) is 3.46. The van der Waals surface area contributed by atoms with E-state index in [0.717, 1.165) is 40.9 Å². The molecule has 0 aliphatic carbocycles. The molecule has 6 heteroatoms. The number of fused-ring (bicyclic) bond motifs is 1. The Balaban J connectivity index is 1.58. The van der Waals surface area contributed by atoms with Crippen LogP contribution in [0.25, 0.3) is 10.9 Å². The largest absolute Gasteiger partial charge is 0.378 e. The molecule has 27 heavy (non-hydrogen) atoms. The Morgan fingerprint density at radius 2 is 1.81 bits per heavy atom. The van der Waals surface area contributed by atoms with E-state index in [-0.39, 0.29) is 5.82 Å². The second kappa shape index (κ2) is 8.21. The van der Waals surface area contributed by atoms with Crippen molar-refractivity contribution in [2.24, 2.45) is 0 Å². The number of hydrogen-bond acceptors (Lipinski definition) is 4. The lowest BCUT2D eigenvalue weighted by Gasteiger charge is -2.30. The smallest absolute Gasteiger partial charge is 0.133 e. The Kier molecular flexibility index (Phi) is 5.53. The Morgan fingerprint density at radius 1 is 1.04 bits per heavy atom. The minimum atomic E-state index is -0.217. The number of anilines is 1. The molecule has 0 spiro atoms. The predicted octanol–water partition coefficient (Wildman–Crippen LogP) is 4.15. The molecule has 0 amide bonds. The van der Waals surface area contributed by atoms with Crippen LogP contribution in [0.1, 0.15) is 11.1 Å². The first-order valence-electron chi connectivity index (χ1n) is 9.06. The highest BCUT2D eigenvalue weighted by atomic mass is 35.5. The van der Waals surface area contributed by atoms with Crippen molar-refractivity contribution >= 4 is 28.3 Å². The van der Waals surface area contributed by atoms with Gasteiger partial charge < -0.3 is 15.0 Å². The molecule has 2 heterocycles. The van der Waals surface area contributed by atoms with Crippen LogP contribution in [0, 0.1) is 5.82 Å². The molecule has 3 aromatic rings. The van der Waals surface area contributed by atoms with E-state index in [4.69, 9.17) is 21.3 Å². The van der Waals surface area contributed by atoms with Crippen LogP contribution >= 0.6 is 11.6 Å². The molecule has 0 bridgehead atoms. The van der Waals surface area contributed by atoms with Gasteiger partial charge in [-0.1, -0.05) is 29.8 Å². The van der Waals surface area contributed by atoms with Gasteiger partial charge in [-0.15, -0.1) is 0 Å². The zero-order valence-corrected chi connectivity index (χ0v) is 15.7. The van der Waals surface area contributed by atoms with Crippen molar-refractivity contribution in [2.45, 2.75) is 13.1 Å². The van der Waals surface area contributed by atoms with Gasteiger partial charge in [0.1, 0.15) is 11.6 Å². The highest BCUT2D eigenvalue weighted by Gasteiger charge is 2.17. The first-order valence-corrected chi connectivity index (χ1v) is 9.44. The molecule has 4 nitrogen and oxygen atoms in total. The van der Waals surface area contributed by atoms with Crippen molar-refractivity contribution < 1.29 is 9.13 Å². The topological polar surface area (TPSA) is 37.4 Å². The molecule has 0 saturated carbocycles. The van der Waals surface area contributed by atoms with Crippen LogP contribution in [0.15, 0.2) is 48.5 Å². The molecule has 1 aromatic heterocycles. The van der Waals surface area contributed by atoms with Crippen LogP contribution in [0.5, 0.6) is 0 Å². The van der Waals surface area contributed by atoms with Crippen LogP contribution < -0.4 is 10.2 Å². The van der Waals surface area contributed by atoms with Gasteiger partial charge in [-0.3, -0.25) is 0 Å². The Hall–Kier alpha value is -2.21. The molecule has 1 aliphatic heterocycles. The van der Waals surface area contributed by atoms with Crippen LogP contribution in [-0.2, 0) is 17.8 Å². The predicted molar refractivity (Wildman–Crippen MR) is 107 cm³/mol. The van der Waals surface area contributed by atoms with E-state index >= 15 is 0 Å². The van der Waals surface area contributed by atoms with Crippen LogP contribution in [0.2, 0.25) is 5.02 Å². The number of ether oxygens (including phenoxy) is 1. The highest BCUT2D eigenvalue weighted by Crippen LogP contribution is 2.26. The summed E-state index contributed by atoms with van der Waals surface area (Å²) in [5.74, 6) is 0.755. The molecule has 1 aliphatic rings. The SMILES string of the molecule is Fc1ccc(CNCc2cc3ccc(Cl)cc3nc2N2CCOCC2)cc1. The Morgan fingerprint density at radius 3 is 2.59 bits per heavy atom. The first-order chi connectivity index (χ1) is 13.2. The summed E-state index contributed by atoms with van der Waals surface area (Å²) in [5, 5.41) is 5.20. The maximum Gasteiger partial charge on any atom is 0.133 e. The molecule has 1 N–H and O–H groups in total. The van der Waals surface area contributed by atoms with Crippen molar-refractivity contribution in [3.63, 3.8) is 0 Å². The molecule has 4 rings (SSSR count). The number of rotatable bonds is 5. The number of benzene rings is 2. The lowest BCUT2D eigenvalue weighted by Crippen LogP contribution is -2.37. The number of nitrogens with zero attached hydrogens (tertiary/aromatic N) is 2. The van der Waals surface area contributed by atoms with Crippen molar-refractivity contribution in [3.05, 3.63) is 70.5 Å². The molecular weight excluding hydrogens is 365 g/mol. The molecule has 1 fully saturated rings. The van der Waals surface area contributed by atoms with E-state index in [9.17, 15) is 4.39 Å². The number of halogens is 2. The molecule has 0 radical (unpaired) electrons. The summed E-state index contributed by atoms with van der Waals surface area (Å²) in [6.45, 7) is 4.40.